The van der Waals surface area contributed by atoms with E-state index in [9.17, 15) is 23.9 Å². The number of aryl methyl sites for hydroxylation is 1. The second-order valence-electron chi connectivity index (χ2n) is 9.60. The Morgan fingerprint density at radius 1 is 1.10 bits per heavy atom. The number of pyridine rings is 1. The number of aromatic nitrogens is 1. The van der Waals surface area contributed by atoms with Crippen molar-refractivity contribution in [2.45, 2.75) is 46.4 Å². The van der Waals surface area contributed by atoms with E-state index in [0.29, 0.717) is 33.6 Å². The van der Waals surface area contributed by atoms with Gasteiger partial charge in [0.05, 0.1) is 18.4 Å². The van der Waals surface area contributed by atoms with Gasteiger partial charge in [-0.15, -0.1) is 0 Å². The summed E-state index contributed by atoms with van der Waals surface area (Å²) in [5, 5.41) is 15.2. The number of rotatable bonds is 9. The van der Waals surface area contributed by atoms with Gasteiger partial charge in [0.25, 0.3) is 11.5 Å². The maximum atomic E-state index is 13.8. The summed E-state index contributed by atoms with van der Waals surface area (Å²) in [6.45, 7) is 6.79. The van der Waals surface area contributed by atoms with Crippen molar-refractivity contribution in [2.75, 3.05) is 13.7 Å². The number of carbonyl (C=O) groups is 2. The molecule has 0 bridgehead atoms. The second-order valence-corrected chi connectivity index (χ2v) is 10.4. The van der Waals surface area contributed by atoms with Crippen LogP contribution in [0.4, 0.5) is 9.18 Å². The normalized spacial score (nSPS) is 11.2. The topological polar surface area (TPSA) is 119 Å². The van der Waals surface area contributed by atoms with Crippen molar-refractivity contribution in [3.05, 3.63) is 91.1 Å². The third-order valence-electron chi connectivity index (χ3n) is 5.93. The van der Waals surface area contributed by atoms with Crippen LogP contribution in [-0.2, 0) is 17.9 Å². The van der Waals surface area contributed by atoms with E-state index in [1.165, 1.54) is 23.8 Å². The Balaban J connectivity index is 1.89. The third-order valence-corrected chi connectivity index (χ3v) is 6.66. The zero-order valence-corrected chi connectivity index (χ0v) is 23.9. The summed E-state index contributed by atoms with van der Waals surface area (Å²) in [4.78, 5) is 37.6. The number of amides is 2. The molecule has 9 nitrogen and oxygen atoms in total. The molecule has 0 atom stereocenters. The number of nitrogens with one attached hydrogen (secondary N) is 2. The van der Waals surface area contributed by atoms with Crippen LogP contribution in [0.1, 0.15) is 46.6 Å². The molecule has 0 aliphatic carbocycles. The quantitative estimate of drug-likeness (QED) is 0.336. The van der Waals surface area contributed by atoms with Gasteiger partial charge in [0.2, 0.25) is 0 Å². The fourth-order valence-electron chi connectivity index (χ4n) is 3.88. The highest BCUT2D eigenvalue weighted by Gasteiger charge is 2.20. The summed E-state index contributed by atoms with van der Waals surface area (Å²) < 4.78 is 26.0. The molecule has 11 heteroatoms. The Morgan fingerprint density at radius 2 is 1.82 bits per heavy atom. The van der Waals surface area contributed by atoms with E-state index in [0.717, 1.165) is 0 Å². The first-order chi connectivity index (χ1) is 18.3. The lowest BCUT2D eigenvalue weighted by molar-refractivity contribution is 0.0694. The first kappa shape index (κ1) is 29.9. The van der Waals surface area contributed by atoms with Crippen molar-refractivity contribution in [3.8, 4) is 11.4 Å². The molecule has 0 radical (unpaired) electrons. The van der Waals surface area contributed by atoms with Gasteiger partial charge in [-0.1, -0.05) is 12.1 Å². The number of hydrogen-bond donors (Lipinski definition) is 3. The molecular weight excluding hydrogens is 573 g/mol. The Morgan fingerprint density at radius 3 is 2.49 bits per heavy atom. The predicted molar refractivity (Wildman–Crippen MR) is 148 cm³/mol. The van der Waals surface area contributed by atoms with Gasteiger partial charge in [-0.05, 0) is 84.6 Å². The van der Waals surface area contributed by atoms with Crippen LogP contribution in [0.15, 0.2) is 51.7 Å². The van der Waals surface area contributed by atoms with Crippen molar-refractivity contribution in [2.24, 2.45) is 0 Å². The molecule has 1 heterocycles. The molecule has 3 aromatic rings. The average Bonchev–Trinajstić information content (AvgIpc) is 2.88. The van der Waals surface area contributed by atoms with Crippen LogP contribution >= 0.6 is 15.9 Å². The zero-order chi connectivity index (χ0) is 28.9. The first-order valence-electron chi connectivity index (χ1n) is 12.1. The first-order valence-corrected chi connectivity index (χ1v) is 12.9. The number of hydrogen-bond acceptors (Lipinski definition) is 6. The van der Waals surface area contributed by atoms with Crippen LogP contribution in [0.2, 0.25) is 0 Å². The minimum atomic E-state index is -1.07. The van der Waals surface area contributed by atoms with Crippen molar-refractivity contribution in [1.29, 1.82) is 0 Å². The number of nitrogens with zero attached hydrogens (tertiary/aromatic N) is 1. The average molecular weight is 604 g/mol. The molecule has 0 aliphatic heterocycles. The molecule has 0 saturated heterocycles. The maximum absolute atomic E-state index is 13.8. The lowest BCUT2D eigenvalue weighted by Crippen LogP contribution is -2.38. The van der Waals surface area contributed by atoms with E-state index in [1.807, 2.05) is 0 Å². The minimum absolute atomic E-state index is 0.00977. The lowest BCUT2D eigenvalue weighted by atomic mass is 10.0. The number of ether oxygens (including phenoxy) is 2. The molecule has 208 valence electrons. The molecule has 1 aromatic heterocycles. The minimum Gasteiger partial charge on any atom is -0.487 e. The van der Waals surface area contributed by atoms with E-state index in [4.69, 9.17) is 4.74 Å². The van der Waals surface area contributed by atoms with E-state index >= 15 is 0 Å². The van der Waals surface area contributed by atoms with Crippen LogP contribution in [0.25, 0.3) is 5.69 Å². The summed E-state index contributed by atoms with van der Waals surface area (Å²) in [5.41, 5.74) is 1.70. The van der Waals surface area contributed by atoms with Crippen LogP contribution < -0.4 is 20.9 Å². The number of aliphatic hydroxyl groups is 1. The maximum Gasteiger partial charge on any atom is 0.407 e. The van der Waals surface area contributed by atoms with Gasteiger partial charge in [-0.3, -0.25) is 14.2 Å². The van der Waals surface area contributed by atoms with Crippen LogP contribution in [0.5, 0.6) is 5.75 Å². The summed E-state index contributed by atoms with van der Waals surface area (Å²) in [6.07, 6.45) is -0.651. The Labute approximate surface area is 234 Å². The molecule has 0 spiro atoms. The molecule has 0 aliphatic rings. The van der Waals surface area contributed by atoms with Crippen LogP contribution in [0.3, 0.4) is 0 Å². The number of alkyl carbamates (subject to hydrolysis) is 1. The van der Waals surface area contributed by atoms with Gasteiger partial charge in [0.15, 0.2) is 0 Å². The smallest absolute Gasteiger partial charge is 0.407 e. The van der Waals surface area contributed by atoms with Gasteiger partial charge in [0.1, 0.15) is 22.6 Å². The molecule has 2 aromatic carbocycles. The summed E-state index contributed by atoms with van der Waals surface area (Å²) in [5.74, 6) is -0.550. The SMILES string of the molecule is COC(=O)NCc1cc(F)ccc1COc1cc(C)n(-c2cccc(C(=O)NCC(C)(C)O)c2C)c(=O)c1Br. The lowest BCUT2D eigenvalue weighted by Gasteiger charge is -2.20. The molecule has 3 N–H and O–H groups in total. The molecule has 2 amide bonds. The molecule has 3 rings (SSSR count). The standard InChI is InChI=1S/C28H31BrFN3O6/c1-16-11-23(39-14-18-9-10-20(30)12-19(18)13-31-27(36)38-5)24(29)26(35)33(16)22-8-6-7-21(17(22)2)25(34)32-15-28(3,4)37/h6-12,37H,13-15H2,1-5H3,(H,31,36)(H,32,34). The number of carbonyl (C=O) groups excluding carboxylic acids is 2. The molecule has 0 unspecified atom stereocenters. The summed E-state index contributed by atoms with van der Waals surface area (Å²) in [7, 11) is 1.23. The van der Waals surface area contributed by atoms with E-state index in [-0.39, 0.29) is 35.8 Å². The van der Waals surface area contributed by atoms with Gasteiger partial charge in [-0.25, -0.2) is 9.18 Å². The largest absolute Gasteiger partial charge is 0.487 e. The van der Waals surface area contributed by atoms with Gasteiger partial charge in [-0.2, -0.15) is 0 Å². The number of methoxy groups -OCH3 is 1. The molecule has 39 heavy (non-hydrogen) atoms. The highest BCUT2D eigenvalue weighted by Crippen LogP contribution is 2.27. The highest BCUT2D eigenvalue weighted by atomic mass is 79.9. The number of halogens is 2. The Bertz CT molecular complexity index is 1450. The fraction of sp³-hybridized carbons (Fsp3) is 0.321. The second kappa shape index (κ2) is 12.4. The fourth-order valence-corrected chi connectivity index (χ4v) is 4.29. The Hall–Kier alpha value is -3.70. The van der Waals surface area contributed by atoms with Crippen molar-refractivity contribution in [1.82, 2.24) is 15.2 Å². The van der Waals surface area contributed by atoms with E-state index in [1.54, 1.807) is 58.0 Å². The number of benzene rings is 2. The third kappa shape index (κ3) is 7.45. The van der Waals surface area contributed by atoms with Crippen LogP contribution in [0, 0.1) is 19.7 Å². The van der Waals surface area contributed by atoms with E-state index in [2.05, 4.69) is 31.3 Å². The molecular formula is C28H31BrFN3O6. The highest BCUT2D eigenvalue weighted by molar-refractivity contribution is 9.10. The van der Waals surface area contributed by atoms with Crippen LogP contribution in [-0.4, -0.2) is 40.9 Å². The molecule has 0 saturated carbocycles. The van der Waals surface area contributed by atoms with Gasteiger partial charge in [0, 0.05) is 30.4 Å². The summed E-state index contributed by atoms with van der Waals surface area (Å²) >= 11 is 3.35. The van der Waals surface area contributed by atoms with Crippen molar-refractivity contribution in [3.63, 3.8) is 0 Å². The van der Waals surface area contributed by atoms with Crippen molar-refractivity contribution >= 4 is 27.9 Å². The summed E-state index contributed by atoms with van der Waals surface area (Å²) in [6, 6.07) is 10.9. The van der Waals surface area contributed by atoms with Crippen molar-refractivity contribution < 1.29 is 28.6 Å². The zero-order valence-electron chi connectivity index (χ0n) is 22.4. The predicted octanol–water partition coefficient (Wildman–Crippen LogP) is 4.29. The molecule has 0 fully saturated rings. The Kier molecular flexibility index (Phi) is 9.52. The van der Waals surface area contributed by atoms with Gasteiger partial charge < -0.3 is 25.2 Å². The van der Waals surface area contributed by atoms with E-state index < -0.39 is 23.1 Å². The monoisotopic (exact) mass is 603 g/mol. The van der Waals surface area contributed by atoms with Gasteiger partial charge >= 0.3 is 6.09 Å².